The lowest BCUT2D eigenvalue weighted by Gasteiger charge is -2.29. The normalized spacial score (nSPS) is 13.6. The van der Waals surface area contributed by atoms with Gasteiger partial charge >= 0.3 is 0 Å². The molecule has 0 radical (unpaired) electrons. The minimum Gasteiger partial charge on any atom is -0.414 e. The molecule has 0 aromatic heterocycles. The van der Waals surface area contributed by atoms with Crippen molar-refractivity contribution in [3.8, 4) is 0 Å². The highest BCUT2D eigenvalue weighted by atomic mass is 28.4. The molecule has 1 aromatic rings. The molecule has 0 unspecified atom stereocenters. The van der Waals surface area contributed by atoms with Crippen LogP contribution >= 0.6 is 0 Å². The second-order valence-corrected chi connectivity index (χ2v) is 14.0. The van der Waals surface area contributed by atoms with Crippen LogP contribution < -0.4 is 0 Å². The number of benzene rings is 1. The smallest absolute Gasteiger partial charge is 0.218 e. The summed E-state index contributed by atoms with van der Waals surface area (Å²) in [5.74, 6) is 0. The van der Waals surface area contributed by atoms with Crippen LogP contribution in [-0.2, 0) is 8.85 Å². The predicted octanol–water partition coefficient (Wildman–Crippen LogP) is 4.94. The molecule has 2 nitrogen and oxygen atoms in total. The van der Waals surface area contributed by atoms with Crippen molar-refractivity contribution in [3.63, 3.8) is 0 Å². The van der Waals surface area contributed by atoms with Crippen molar-refractivity contribution in [2.24, 2.45) is 0 Å². The molecular weight excluding hydrogens is 292 g/mol. The molecule has 21 heavy (non-hydrogen) atoms. The Kier molecular flexibility index (Phi) is 6.59. The van der Waals surface area contributed by atoms with Crippen LogP contribution in [0.2, 0.25) is 26.2 Å². The molecule has 0 atom stereocenters. The van der Waals surface area contributed by atoms with Crippen LogP contribution in [0.3, 0.4) is 0 Å². The first-order valence-corrected chi connectivity index (χ1v) is 13.7. The molecule has 0 spiro atoms. The lowest BCUT2D eigenvalue weighted by molar-refractivity contribution is 0.336. The average molecular weight is 323 g/mol. The SMILES string of the molecule is CCO[Si](C)(C)/C=C(/c1cccc(C)c1)[Si](C)(C)OCC. The van der Waals surface area contributed by atoms with Crippen LogP contribution in [0.5, 0.6) is 0 Å². The first kappa shape index (κ1) is 18.4. The van der Waals surface area contributed by atoms with Gasteiger partial charge < -0.3 is 8.85 Å². The van der Waals surface area contributed by atoms with E-state index < -0.39 is 16.6 Å². The summed E-state index contributed by atoms with van der Waals surface area (Å²) in [4.78, 5) is 0. The van der Waals surface area contributed by atoms with Gasteiger partial charge in [-0.3, -0.25) is 0 Å². The molecule has 0 saturated carbocycles. The molecule has 0 amide bonds. The van der Waals surface area contributed by atoms with Crippen molar-refractivity contribution in [1.82, 2.24) is 0 Å². The molecule has 4 heteroatoms. The van der Waals surface area contributed by atoms with Gasteiger partial charge in [0.15, 0.2) is 0 Å². The Morgan fingerprint density at radius 1 is 1.05 bits per heavy atom. The third-order valence-corrected chi connectivity index (χ3v) is 8.54. The molecule has 0 saturated heterocycles. The number of hydrogen-bond acceptors (Lipinski definition) is 2. The van der Waals surface area contributed by atoms with Gasteiger partial charge in [-0.2, -0.15) is 0 Å². The maximum Gasteiger partial charge on any atom is 0.218 e. The molecule has 1 aromatic carbocycles. The molecule has 0 heterocycles. The second kappa shape index (κ2) is 7.54. The Morgan fingerprint density at radius 2 is 1.67 bits per heavy atom. The van der Waals surface area contributed by atoms with E-state index in [0.717, 1.165) is 13.2 Å². The summed E-state index contributed by atoms with van der Waals surface area (Å²) in [5.41, 5.74) is 4.98. The van der Waals surface area contributed by atoms with Gasteiger partial charge in [0.25, 0.3) is 0 Å². The quantitative estimate of drug-likeness (QED) is 0.662. The van der Waals surface area contributed by atoms with Crippen LogP contribution in [0.25, 0.3) is 5.20 Å². The average Bonchev–Trinajstić information content (AvgIpc) is 2.35. The second-order valence-electron chi connectivity index (χ2n) is 6.41. The zero-order chi connectivity index (χ0) is 16.1. The van der Waals surface area contributed by atoms with Crippen molar-refractivity contribution in [3.05, 3.63) is 41.1 Å². The highest BCUT2D eigenvalue weighted by Gasteiger charge is 2.32. The Balaban J connectivity index is 3.33. The topological polar surface area (TPSA) is 18.5 Å². The van der Waals surface area contributed by atoms with Crippen molar-refractivity contribution >= 4 is 21.8 Å². The van der Waals surface area contributed by atoms with Gasteiger partial charge in [0, 0.05) is 13.2 Å². The largest absolute Gasteiger partial charge is 0.414 e. The fraction of sp³-hybridized carbons (Fsp3) is 0.529. The minimum atomic E-state index is -1.92. The van der Waals surface area contributed by atoms with Gasteiger partial charge in [-0.15, -0.1) is 0 Å². The van der Waals surface area contributed by atoms with Gasteiger partial charge in [0.05, 0.1) is 0 Å². The highest BCUT2D eigenvalue weighted by Crippen LogP contribution is 2.30. The van der Waals surface area contributed by atoms with Gasteiger partial charge in [-0.1, -0.05) is 35.5 Å². The van der Waals surface area contributed by atoms with E-state index in [1.54, 1.807) is 0 Å². The predicted molar refractivity (Wildman–Crippen MR) is 97.4 cm³/mol. The molecule has 0 fully saturated rings. The van der Waals surface area contributed by atoms with Crippen LogP contribution in [0.1, 0.15) is 25.0 Å². The fourth-order valence-electron chi connectivity index (χ4n) is 2.62. The number of aryl methyl sites for hydroxylation is 1. The molecule has 118 valence electrons. The van der Waals surface area contributed by atoms with Crippen molar-refractivity contribution in [1.29, 1.82) is 0 Å². The fourth-order valence-corrected chi connectivity index (χ4v) is 8.47. The zero-order valence-corrected chi connectivity index (χ0v) is 16.6. The van der Waals surface area contributed by atoms with Gasteiger partial charge in [-0.25, -0.2) is 0 Å². The standard InChI is InChI=1S/C17H30O2Si2/c1-8-18-20(4,5)14-17(21(6,7)19-9-2)16-12-10-11-15(3)13-16/h10-14H,8-9H2,1-7H3/b17-14-. The Bertz CT molecular complexity index is 493. The van der Waals surface area contributed by atoms with Crippen LogP contribution in [0.15, 0.2) is 30.0 Å². The van der Waals surface area contributed by atoms with E-state index in [1.807, 2.05) is 0 Å². The van der Waals surface area contributed by atoms with Crippen molar-refractivity contribution in [2.45, 2.75) is 47.0 Å². The van der Waals surface area contributed by atoms with Crippen LogP contribution in [0, 0.1) is 6.92 Å². The zero-order valence-electron chi connectivity index (χ0n) is 14.6. The van der Waals surface area contributed by atoms with Gasteiger partial charge in [-0.05, 0) is 57.7 Å². The molecule has 1 rings (SSSR count). The summed E-state index contributed by atoms with van der Waals surface area (Å²) in [7, 11) is -3.73. The maximum atomic E-state index is 6.15. The summed E-state index contributed by atoms with van der Waals surface area (Å²) in [6.45, 7) is 16.9. The molecule has 0 aliphatic carbocycles. The summed E-state index contributed by atoms with van der Waals surface area (Å²) in [5, 5.41) is 1.37. The Morgan fingerprint density at radius 3 is 2.19 bits per heavy atom. The lowest BCUT2D eigenvalue weighted by atomic mass is 10.1. The molecule has 0 aliphatic rings. The number of hydrogen-bond donors (Lipinski definition) is 0. The molecule has 0 aliphatic heterocycles. The number of rotatable bonds is 7. The van der Waals surface area contributed by atoms with E-state index in [9.17, 15) is 0 Å². The van der Waals surface area contributed by atoms with E-state index in [-0.39, 0.29) is 0 Å². The summed E-state index contributed by atoms with van der Waals surface area (Å²) >= 11 is 0. The van der Waals surface area contributed by atoms with E-state index >= 15 is 0 Å². The van der Waals surface area contributed by atoms with Crippen molar-refractivity contribution < 1.29 is 8.85 Å². The van der Waals surface area contributed by atoms with E-state index in [2.05, 4.69) is 76.9 Å². The molecular formula is C17H30O2Si2. The summed E-state index contributed by atoms with van der Waals surface area (Å²) in [6.07, 6.45) is 0. The Hall–Kier alpha value is -0.686. The Labute approximate surface area is 132 Å². The lowest BCUT2D eigenvalue weighted by Crippen LogP contribution is -2.37. The monoisotopic (exact) mass is 322 g/mol. The molecule has 0 N–H and O–H groups in total. The van der Waals surface area contributed by atoms with E-state index in [0.29, 0.717) is 0 Å². The van der Waals surface area contributed by atoms with Crippen LogP contribution in [-0.4, -0.2) is 29.8 Å². The summed E-state index contributed by atoms with van der Waals surface area (Å²) in [6, 6.07) is 8.73. The van der Waals surface area contributed by atoms with E-state index in [4.69, 9.17) is 8.85 Å². The minimum absolute atomic E-state index is 0.763. The van der Waals surface area contributed by atoms with Crippen LogP contribution in [0.4, 0.5) is 0 Å². The highest BCUT2D eigenvalue weighted by molar-refractivity contribution is 6.93. The van der Waals surface area contributed by atoms with Gasteiger partial charge in [0.2, 0.25) is 16.6 Å². The van der Waals surface area contributed by atoms with Gasteiger partial charge in [0.1, 0.15) is 0 Å². The third-order valence-electron chi connectivity index (χ3n) is 3.49. The first-order valence-electron chi connectivity index (χ1n) is 7.80. The van der Waals surface area contributed by atoms with Crippen molar-refractivity contribution in [2.75, 3.05) is 13.2 Å². The molecule has 0 bridgehead atoms. The first-order chi connectivity index (χ1) is 9.72. The maximum absolute atomic E-state index is 6.15. The summed E-state index contributed by atoms with van der Waals surface area (Å²) < 4.78 is 12.2. The third kappa shape index (κ3) is 5.54. The van der Waals surface area contributed by atoms with E-state index in [1.165, 1.54) is 16.3 Å².